The fourth-order valence-electron chi connectivity index (χ4n) is 3.34. The highest BCUT2D eigenvalue weighted by Gasteiger charge is 2.22. The van der Waals surface area contributed by atoms with Gasteiger partial charge < -0.3 is 15.5 Å². The minimum Gasteiger partial charge on any atom is -0.363 e. The molecule has 0 spiro atoms. The number of aromatic nitrogens is 2. The Balaban J connectivity index is 1.44. The largest absolute Gasteiger partial charge is 0.363 e. The lowest BCUT2D eigenvalue weighted by atomic mass is 9.86. The van der Waals surface area contributed by atoms with Crippen molar-refractivity contribution in [3.63, 3.8) is 0 Å². The summed E-state index contributed by atoms with van der Waals surface area (Å²) < 4.78 is 26.2. The maximum atomic E-state index is 13.3. The van der Waals surface area contributed by atoms with E-state index in [1.165, 1.54) is 6.07 Å². The van der Waals surface area contributed by atoms with E-state index in [0.29, 0.717) is 24.5 Å². The van der Waals surface area contributed by atoms with Crippen molar-refractivity contribution < 1.29 is 13.6 Å². The smallest absolute Gasteiger partial charge is 0.251 e. The van der Waals surface area contributed by atoms with Crippen LogP contribution >= 0.6 is 0 Å². The molecule has 28 heavy (non-hydrogen) atoms. The summed E-state index contributed by atoms with van der Waals surface area (Å²) in [4.78, 5) is 22.8. The summed E-state index contributed by atoms with van der Waals surface area (Å²) in [7, 11) is 3.87. The molecule has 3 rings (SSSR count). The molecule has 1 aliphatic carbocycles. The molecule has 2 aromatic rings. The first-order chi connectivity index (χ1) is 13.4. The quantitative estimate of drug-likeness (QED) is 0.794. The van der Waals surface area contributed by atoms with Crippen LogP contribution < -0.4 is 15.5 Å². The van der Waals surface area contributed by atoms with Gasteiger partial charge in [-0.15, -0.1) is 0 Å². The zero-order valence-electron chi connectivity index (χ0n) is 16.1. The second kappa shape index (κ2) is 8.95. The fourth-order valence-corrected chi connectivity index (χ4v) is 3.34. The van der Waals surface area contributed by atoms with Crippen LogP contribution in [0.5, 0.6) is 0 Å². The van der Waals surface area contributed by atoms with Crippen LogP contribution in [0.4, 0.5) is 20.5 Å². The predicted octanol–water partition coefficient (Wildman–Crippen LogP) is 3.22. The summed E-state index contributed by atoms with van der Waals surface area (Å²) in [5.41, 5.74) is 0.132. The third-order valence-electron chi connectivity index (χ3n) is 5.01. The normalized spacial score (nSPS) is 19.1. The van der Waals surface area contributed by atoms with Gasteiger partial charge in [-0.05, 0) is 55.9 Å². The molecule has 1 fully saturated rings. The molecule has 2 N–H and O–H groups in total. The summed E-state index contributed by atoms with van der Waals surface area (Å²) in [6, 6.07) is 5.34. The molecule has 0 aliphatic heterocycles. The molecular weight excluding hydrogens is 364 g/mol. The third kappa shape index (κ3) is 5.15. The van der Waals surface area contributed by atoms with E-state index in [2.05, 4.69) is 20.6 Å². The van der Waals surface area contributed by atoms with Crippen LogP contribution in [-0.2, 0) is 0 Å². The zero-order valence-corrected chi connectivity index (χ0v) is 16.1. The first kappa shape index (κ1) is 20.0. The number of rotatable bonds is 6. The number of halogens is 2. The SMILES string of the molecule is CN(C)c1ccnc(NC2CCC(CNC(=O)c3ccc(F)c(F)c3)CC2)n1. The molecule has 1 amide bonds. The summed E-state index contributed by atoms with van der Waals surface area (Å²) in [5, 5.41) is 6.21. The van der Waals surface area contributed by atoms with Gasteiger partial charge in [0.25, 0.3) is 5.91 Å². The lowest BCUT2D eigenvalue weighted by Gasteiger charge is -2.29. The Labute approximate surface area is 163 Å². The highest BCUT2D eigenvalue weighted by Crippen LogP contribution is 2.26. The minimum atomic E-state index is -1.01. The van der Waals surface area contributed by atoms with Gasteiger partial charge in [-0.2, -0.15) is 4.98 Å². The summed E-state index contributed by atoms with van der Waals surface area (Å²) >= 11 is 0. The molecular formula is C20H25F2N5O. The number of carbonyl (C=O) groups excluding carboxylic acids is 1. The number of hydrogen-bond donors (Lipinski definition) is 2. The van der Waals surface area contributed by atoms with E-state index in [-0.39, 0.29) is 11.5 Å². The molecule has 0 atom stereocenters. The summed E-state index contributed by atoms with van der Waals surface area (Å²) in [6.45, 7) is 0.525. The van der Waals surface area contributed by atoms with Gasteiger partial charge in [0.05, 0.1) is 0 Å². The van der Waals surface area contributed by atoms with E-state index in [1.807, 2.05) is 25.1 Å². The van der Waals surface area contributed by atoms with Gasteiger partial charge >= 0.3 is 0 Å². The van der Waals surface area contributed by atoms with Gasteiger partial charge in [0.2, 0.25) is 5.95 Å². The number of amides is 1. The Kier molecular flexibility index (Phi) is 6.38. The van der Waals surface area contributed by atoms with Crippen molar-refractivity contribution in [1.29, 1.82) is 0 Å². The van der Waals surface area contributed by atoms with Crippen molar-refractivity contribution in [2.75, 3.05) is 30.9 Å². The van der Waals surface area contributed by atoms with Crippen molar-refractivity contribution in [3.05, 3.63) is 47.7 Å². The van der Waals surface area contributed by atoms with Crippen LogP contribution in [0.3, 0.4) is 0 Å². The lowest BCUT2D eigenvalue weighted by molar-refractivity contribution is 0.0942. The Morgan fingerprint density at radius 3 is 2.57 bits per heavy atom. The van der Waals surface area contributed by atoms with Crippen LogP contribution in [0.1, 0.15) is 36.0 Å². The Bertz CT molecular complexity index is 822. The molecule has 6 nitrogen and oxygen atoms in total. The maximum absolute atomic E-state index is 13.3. The first-order valence-corrected chi connectivity index (χ1v) is 9.42. The average molecular weight is 389 g/mol. The Morgan fingerprint density at radius 2 is 1.89 bits per heavy atom. The number of hydrogen-bond acceptors (Lipinski definition) is 5. The fraction of sp³-hybridized carbons (Fsp3) is 0.450. The highest BCUT2D eigenvalue weighted by atomic mass is 19.2. The van der Waals surface area contributed by atoms with Crippen LogP contribution in [0.25, 0.3) is 0 Å². The van der Waals surface area contributed by atoms with Crippen molar-refractivity contribution in [2.24, 2.45) is 5.92 Å². The number of benzene rings is 1. The van der Waals surface area contributed by atoms with E-state index < -0.39 is 11.6 Å². The topological polar surface area (TPSA) is 70.2 Å². The van der Waals surface area contributed by atoms with Gasteiger partial charge in [0, 0.05) is 38.4 Å². The molecule has 0 saturated heterocycles. The Morgan fingerprint density at radius 1 is 1.14 bits per heavy atom. The average Bonchev–Trinajstić information content (AvgIpc) is 2.69. The molecule has 8 heteroatoms. The van der Waals surface area contributed by atoms with E-state index in [1.54, 1.807) is 6.20 Å². The summed E-state index contributed by atoms with van der Waals surface area (Å²) in [5.74, 6) is -0.510. The van der Waals surface area contributed by atoms with Crippen LogP contribution in [0.2, 0.25) is 0 Å². The van der Waals surface area contributed by atoms with Crippen LogP contribution in [0.15, 0.2) is 30.5 Å². The van der Waals surface area contributed by atoms with Gasteiger partial charge in [-0.3, -0.25) is 4.79 Å². The second-order valence-electron chi connectivity index (χ2n) is 7.33. The van der Waals surface area contributed by atoms with Crippen LogP contribution in [0, 0.1) is 17.6 Å². The van der Waals surface area contributed by atoms with E-state index >= 15 is 0 Å². The van der Waals surface area contributed by atoms with Crippen LogP contribution in [-0.4, -0.2) is 42.6 Å². The molecule has 1 aromatic carbocycles. The number of nitrogens with zero attached hydrogens (tertiary/aromatic N) is 3. The molecule has 1 heterocycles. The van der Waals surface area contributed by atoms with Crippen molar-refractivity contribution in [3.8, 4) is 0 Å². The molecule has 1 aliphatic rings. The van der Waals surface area contributed by atoms with E-state index in [0.717, 1.165) is 43.6 Å². The van der Waals surface area contributed by atoms with Gasteiger partial charge in [0.15, 0.2) is 11.6 Å². The second-order valence-corrected chi connectivity index (χ2v) is 7.33. The Hall–Kier alpha value is -2.77. The summed E-state index contributed by atoms with van der Waals surface area (Å²) in [6.07, 6.45) is 5.58. The number of anilines is 2. The third-order valence-corrected chi connectivity index (χ3v) is 5.01. The molecule has 0 unspecified atom stereocenters. The molecule has 0 bridgehead atoms. The van der Waals surface area contributed by atoms with Crippen molar-refractivity contribution >= 4 is 17.7 Å². The van der Waals surface area contributed by atoms with E-state index in [4.69, 9.17) is 0 Å². The number of carbonyl (C=O) groups is 1. The maximum Gasteiger partial charge on any atom is 0.251 e. The lowest BCUT2D eigenvalue weighted by Crippen LogP contribution is -2.34. The molecule has 1 saturated carbocycles. The standard InChI is InChI=1S/C20H25F2N5O/c1-27(2)18-9-10-23-20(26-18)25-15-6-3-13(4-7-15)12-24-19(28)14-5-8-16(21)17(22)11-14/h5,8-11,13,15H,3-4,6-7,12H2,1-2H3,(H,24,28)(H,23,25,26). The zero-order chi connectivity index (χ0) is 20.1. The van der Waals surface area contributed by atoms with Gasteiger partial charge in [0.1, 0.15) is 5.82 Å². The van der Waals surface area contributed by atoms with Gasteiger partial charge in [-0.1, -0.05) is 0 Å². The minimum absolute atomic E-state index is 0.132. The van der Waals surface area contributed by atoms with E-state index in [9.17, 15) is 13.6 Å². The molecule has 0 radical (unpaired) electrons. The van der Waals surface area contributed by atoms with Crippen molar-refractivity contribution in [2.45, 2.75) is 31.7 Å². The molecule has 1 aromatic heterocycles. The van der Waals surface area contributed by atoms with Crippen molar-refractivity contribution in [1.82, 2.24) is 15.3 Å². The molecule has 150 valence electrons. The first-order valence-electron chi connectivity index (χ1n) is 9.42. The highest BCUT2D eigenvalue weighted by molar-refractivity contribution is 5.94. The van der Waals surface area contributed by atoms with Gasteiger partial charge in [-0.25, -0.2) is 13.8 Å². The number of nitrogens with one attached hydrogen (secondary N) is 2. The predicted molar refractivity (Wildman–Crippen MR) is 104 cm³/mol. The monoisotopic (exact) mass is 389 g/mol.